The first kappa shape index (κ1) is 14.5. The second-order valence-corrected chi connectivity index (χ2v) is 5.01. The van der Waals surface area contributed by atoms with Crippen LogP contribution in [0.15, 0.2) is 0 Å². The SMILES string of the molecule is CCC1CCC(CN)(OCCC(=O)NC)CC1. The van der Waals surface area contributed by atoms with Gasteiger partial charge in [0.15, 0.2) is 0 Å². The molecular weight excluding hydrogens is 216 g/mol. The molecular formula is C13H26N2O2. The highest BCUT2D eigenvalue weighted by molar-refractivity contribution is 5.75. The zero-order valence-corrected chi connectivity index (χ0v) is 11.1. The molecule has 0 unspecified atom stereocenters. The van der Waals surface area contributed by atoms with Crippen LogP contribution in [0.3, 0.4) is 0 Å². The van der Waals surface area contributed by atoms with Gasteiger partial charge in [-0.1, -0.05) is 13.3 Å². The molecule has 3 N–H and O–H groups in total. The van der Waals surface area contributed by atoms with Gasteiger partial charge in [0.25, 0.3) is 0 Å². The van der Waals surface area contributed by atoms with Gasteiger partial charge in [0.05, 0.1) is 12.2 Å². The second kappa shape index (κ2) is 6.97. The summed E-state index contributed by atoms with van der Waals surface area (Å²) in [6.07, 6.45) is 6.15. The van der Waals surface area contributed by atoms with Gasteiger partial charge in [-0.05, 0) is 31.6 Å². The molecule has 0 aromatic heterocycles. The molecule has 0 heterocycles. The minimum Gasteiger partial charge on any atom is -0.373 e. The van der Waals surface area contributed by atoms with E-state index in [-0.39, 0.29) is 11.5 Å². The highest BCUT2D eigenvalue weighted by Gasteiger charge is 2.34. The summed E-state index contributed by atoms with van der Waals surface area (Å²) in [5.74, 6) is 0.858. The van der Waals surface area contributed by atoms with Gasteiger partial charge in [-0.15, -0.1) is 0 Å². The largest absolute Gasteiger partial charge is 0.373 e. The Hall–Kier alpha value is -0.610. The van der Waals surface area contributed by atoms with E-state index in [1.165, 1.54) is 19.3 Å². The van der Waals surface area contributed by atoms with Crippen molar-refractivity contribution in [2.24, 2.45) is 11.7 Å². The fourth-order valence-corrected chi connectivity index (χ4v) is 2.50. The van der Waals surface area contributed by atoms with E-state index < -0.39 is 0 Å². The molecule has 1 rings (SSSR count). The average molecular weight is 242 g/mol. The van der Waals surface area contributed by atoms with Crippen LogP contribution in [-0.4, -0.2) is 31.7 Å². The van der Waals surface area contributed by atoms with Gasteiger partial charge < -0.3 is 15.8 Å². The van der Waals surface area contributed by atoms with Crippen molar-refractivity contribution in [1.82, 2.24) is 5.32 Å². The molecule has 1 amide bonds. The zero-order valence-electron chi connectivity index (χ0n) is 11.1. The predicted octanol–water partition coefficient (Wildman–Crippen LogP) is 1.44. The van der Waals surface area contributed by atoms with E-state index in [0.717, 1.165) is 18.8 Å². The van der Waals surface area contributed by atoms with Crippen molar-refractivity contribution in [3.63, 3.8) is 0 Å². The number of carbonyl (C=O) groups is 1. The first-order valence-electron chi connectivity index (χ1n) is 6.70. The van der Waals surface area contributed by atoms with Crippen molar-refractivity contribution in [2.75, 3.05) is 20.2 Å². The second-order valence-electron chi connectivity index (χ2n) is 5.01. The summed E-state index contributed by atoms with van der Waals surface area (Å²) in [7, 11) is 1.65. The van der Waals surface area contributed by atoms with Crippen LogP contribution in [0.1, 0.15) is 45.4 Å². The Balaban J connectivity index is 2.34. The quantitative estimate of drug-likeness (QED) is 0.740. The van der Waals surface area contributed by atoms with Crippen LogP contribution in [-0.2, 0) is 9.53 Å². The molecule has 1 aliphatic rings. The van der Waals surface area contributed by atoms with E-state index in [9.17, 15) is 4.79 Å². The van der Waals surface area contributed by atoms with Crippen LogP contribution >= 0.6 is 0 Å². The first-order chi connectivity index (χ1) is 8.15. The van der Waals surface area contributed by atoms with Crippen molar-refractivity contribution in [2.45, 2.75) is 51.0 Å². The van der Waals surface area contributed by atoms with Crippen LogP contribution < -0.4 is 11.1 Å². The molecule has 0 saturated heterocycles. The van der Waals surface area contributed by atoms with Gasteiger partial charge in [0.2, 0.25) is 5.91 Å². The maximum atomic E-state index is 11.1. The van der Waals surface area contributed by atoms with Crippen LogP contribution in [0.2, 0.25) is 0 Å². The Morgan fingerprint density at radius 3 is 2.59 bits per heavy atom. The summed E-state index contributed by atoms with van der Waals surface area (Å²) in [6, 6.07) is 0. The highest BCUT2D eigenvalue weighted by Crippen LogP contribution is 2.35. The Bertz CT molecular complexity index is 236. The van der Waals surface area contributed by atoms with Crippen molar-refractivity contribution >= 4 is 5.91 Å². The van der Waals surface area contributed by atoms with Gasteiger partial charge >= 0.3 is 0 Å². The Morgan fingerprint density at radius 2 is 2.12 bits per heavy atom. The third-order valence-corrected chi connectivity index (χ3v) is 3.98. The van der Waals surface area contributed by atoms with Crippen molar-refractivity contribution in [1.29, 1.82) is 0 Å². The summed E-state index contributed by atoms with van der Waals surface area (Å²) in [5.41, 5.74) is 5.68. The summed E-state index contributed by atoms with van der Waals surface area (Å²) in [5, 5.41) is 2.60. The van der Waals surface area contributed by atoms with E-state index in [1.807, 2.05) is 0 Å². The van der Waals surface area contributed by atoms with Crippen LogP contribution in [0, 0.1) is 5.92 Å². The number of amides is 1. The molecule has 0 atom stereocenters. The lowest BCUT2D eigenvalue weighted by molar-refractivity contribution is -0.124. The lowest BCUT2D eigenvalue weighted by Crippen LogP contribution is -2.44. The lowest BCUT2D eigenvalue weighted by atomic mass is 9.77. The number of ether oxygens (including phenoxy) is 1. The molecule has 4 nitrogen and oxygen atoms in total. The molecule has 0 aromatic rings. The molecule has 1 aliphatic carbocycles. The van der Waals surface area contributed by atoms with Gasteiger partial charge in [0, 0.05) is 20.0 Å². The van der Waals surface area contributed by atoms with Gasteiger partial charge in [-0.2, -0.15) is 0 Å². The number of nitrogens with two attached hydrogens (primary N) is 1. The van der Waals surface area contributed by atoms with E-state index in [4.69, 9.17) is 10.5 Å². The smallest absolute Gasteiger partial charge is 0.222 e. The average Bonchev–Trinajstić information content (AvgIpc) is 2.39. The summed E-state index contributed by atoms with van der Waals surface area (Å²) < 4.78 is 5.90. The van der Waals surface area contributed by atoms with Crippen molar-refractivity contribution in [3.05, 3.63) is 0 Å². The number of nitrogens with one attached hydrogen (secondary N) is 1. The first-order valence-corrected chi connectivity index (χ1v) is 6.70. The van der Waals surface area contributed by atoms with Gasteiger partial charge in [0.1, 0.15) is 0 Å². The Labute approximate surface area is 104 Å². The molecule has 0 radical (unpaired) electrons. The summed E-state index contributed by atoms with van der Waals surface area (Å²) >= 11 is 0. The van der Waals surface area contributed by atoms with E-state index in [0.29, 0.717) is 19.6 Å². The van der Waals surface area contributed by atoms with E-state index in [2.05, 4.69) is 12.2 Å². The normalized spacial score (nSPS) is 29.0. The molecule has 0 spiro atoms. The van der Waals surface area contributed by atoms with E-state index >= 15 is 0 Å². The summed E-state index contributed by atoms with van der Waals surface area (Å²) in [6.45, 7) is 3.29. The number of rotatable bonds is 6. The molecule has 0 aliphatic heterocycles. The predicted molar refractivity (Wildman–Crippen MR) is 68.7 cm³/mol. The highest BCUT2D eigenvalue weighted by atomic mass is 16.5. The molecule has 17 heavy (non-hydrogen) atoms. The molecule has 100 valence electrons. The van der Waals surface area contributed by atoms with E-state index in [1.54, 1.807) is 7.05 Å². The van der Waals surface area contributed by atoms with Crippen LogP contribution in [0.4, 0.5) is 0 Å². The number of hydrogen-bond donors (Lipinski definition) is 2. The maximum absolute atomic E-state index is 11.1. The minimum absolute atomic E-state index is 0.0272. The van der Waals surface area contributed by atoms with Crippen LogP contribution in [0.25, 0.3) is 0 Å². The topological polar surface area (TPSA) is 64.3 Å². The molecule has 0 aromatic carbocycles. The minimum atomic E-state index is -0.167. The Morgan fingerprint density at radius 1 is 1.47 bits per heavy atom. The number of hydrogen-bond acceptors (Lipinski definition) is 3. The van der Waals surface area contributed by atoms with Crippen molar-refractivity contribution < 1.29 is 9.53 Å². The van der Waals surface area contributed by atoms with Gasteiger partial charge in [-0.25, -0.2) is 0 Å². The monoisotopic (exact) mass is 242 g/mol. The van der Waals surface area contributed by atoms with Gasteiger partial charge in [-0.3, -0.25) is 4.79 Å². The standard InChI is InChI=1S/C13H26N2O2/c1-3-11-4-7-13(10-14,8-5-11)17-9-6-12(16)15-2/h11H,3-10,14H2,1-2H3,(H,15,16). The summed E-state index contributed by atoms with van der Waals surface area (Å²) in [4.78, 5) is 11.1. The molecule has 4 heteroatoms. The molecule has 0 bridgehead atoms. The number of carbonyl (C=O) groups excluding carboxylic acids is 1. The lowest BCUT2D eigenvalue weighted by Gasteiger charge is -2.39. The molecule has 1 fully saturated rings. The molecule has 1 saturated carbocycles. The fourth-order valence-electron chi connectivity index (χ4n) is 2.50. The third-order valence-electron chi connectivity index (χ3n) is 3.98. The van der Waals surface area contributed by atoms with Crippen LogP contribution in [0.5, 0.6) is 0 Å². The maximum Gasteiger partial charge on any atom is 0.222 e. The Kier molecular flexibility index (Phi) is 5.92. The fraction of sp³-hybridized carbons (Fsp3) is 0.923. The van der Waals surface area contributed by atoms with Crippen molar-refractivity contribution in [3.8, 4) is 0 Å². The zero-order chi connectivity index (χ0) is 12.7. The third kappa shape index (κ3) is 4.28.